The van der Waals surface area contributed by atoms with Gasteiger partial charge < -0.3 is 10.1 Å². The van der Waals surface area contributed by atoms with Gasteiger partial charge in [0.15, 0.2) is 0 Å². The monoisotopic (exact) mass is 275 g/mol. The van der Waals surface area contributed by atoms with Gasteiger partial charge in [0.2, 0.25) is 0 Å². The van der Waals surface area contributed by atoms with E-state index in [1.807, 2.05) is 5.38 Å². The molecule has 1 N–H and O–H groups in total. The number of hydrogen-bond acceptors (Lipinski definition) is 3. The lowest BCUT2D eigenvalue weighted by molar-refractivity contribution is 0.0956. The lowest BCUT2D eigenvalue weighted by Crippen LogP contribution is -2.23. The number of carbonyl (C=O) groups is 1. The summed E-state index contributed by atoms with van der Waals surface area (Å²) in [5, 5.41) is 4.71. The van der Waals surface area contributed by atoms with E-state index in [2.05, 4.69) is 12.2 Å². The smallest absolute Gasteiger partial charge is 0.261 e. The van der Waals surface area contributed by atoms with Gasteiger partial charge in [0.25, 0.3) is 5.91 Å². The van der Waals surface area contributed by atoms with Gasteiger partial charge in [-0.1, -0.05) is 6.92 Å². The zero-order valence-electron chi connectivity index (χ0n) is 10.2. The van der Waals surface area contributed by atoms with E-state index < -0.39 is 0 Å². The van der Waals surface area contributed by atoms with Crippen LogP contribution in [0.4, 0.5) is 0 Å². The molecule has 1 amide bonds. The van der Waals surface area contributed by atoms with Gasteiger partial charge in [-0.3, -0.25) is 4.79 Å². The van der Waals surface area contributed by atoms with Gasteiger partial charge in [0.05, 0.1) is 12.0 Å². The van der Waals surface area contributed by atoms with E-state index in [0.29, 0.717) is 23.2 Å². The van der Waals surface area contributed by atoms with Gasteiger partial charge in [-0.15, -0.1) is 22.9 Å². The Bertz CT molecular complexity index is 354. The van der Waals surface area contributed by atoms with Crippen LogP contribution in [0.3, 0.4) is 0 Å². The van der Waals surface area contributed by atoms with E-state index >= 15 is 0 Å². The molecule has 1 aromatic rings. The first-order valence-electron chi connectivity index (χ1n) is 5.64. The minimum atomic E-state index is -0.0307. The van der Waals surface area contributed by atoms with Crippen LogP contribution in [0.2, 0.25) is 0 Å². The summed E-state index contributed by atoms with van der Waals surface area (Å²) in [6.07, 6.45) is 2.00. The molecule has 0 aromatic carbocycles. The standard InChI is InChI=1S/C12H18ClNO2S/c1-9(7-13)4-3-5-14-12(15)11-6-10(16-2)8-17-11/h6,8-9H,3-5,7H2,1-2H3,(H,14,15). The number of carbonyl (C=O) groups excluding carboxylic acids is 1. The molecule has 0 aliphatic carbocycles. The molecule has 0 aliphatic rings. The summed E-state index contributed by atoms with van der Waals surface area (Å²) in [5.41, 5.74) is 0. The molecule has 1 unspecified atom stereocenters. The molecule has 0 saturated carbocycles. The van der Waals surface area contributed by atoms with Crippen LogP contribution in [0.25, 0.3) is 0 Å². The first kappa shape index (κ1) is 14.3. The Morgan fingerprint density at radius 2 is 2.41 bits per heavy atom. The molecule has 3 nitrogen and oxygen atoms in total. The number of hydrogen-bond donors (Lipinski definition) is 1. The molecule has 17 heavy (non-hydrogen) atoms. The minimum Gasteiger partial charge on any atom is -0.496 e. The van der Waals surface area contributed by atoms with Crippen LogP contribution in [0.1, 0.15) is 29.4 Å². The highest BCUT2D eigenvalue weighted by Gasteiger charge is 2.08. The molecule has 96 valence electrons. The fourth-order valence-corrected chi connectivity index (χ4v) is 2.29. The number of halogens is 1. The van der Waals surface area contributed by atoms with E-state index in [-0.39, 0.29) is 5.91 Å². The molecule has 0 fully saturated rings. The quantitative estimate of drug-likeness (QED) is 0.613. The molecule has 0 spiro atoms. The van der Waals surface area contributed by atoms with Crippen molar-refractivity contribution < 1.29 is 9.53 Å². The fraction of sp³-hybridized carbons (Fsp3) is 0.583. The van der Waals surface area contributed by atoms with Crippen LogP contribution < -0.4 is 10.1 Å². The van der Waals surface area contributed by atoms with Gasteiger partial charge in [-0.2, -0.15) is 0 Å². The lowest BCUT2D eigenvalue weighted by atomic mass is 10.1. The SMILES string of the molecule is COc1csc(C(=O)NCCCC(C)CCl)c1. The number of nitrogens with one attached hydrogen (secondary N) is 1. The van der Waals surface area contributed by atoms with Crippen molar-refractivity contribution in [3.63, 3.8) is 0 Å². The zero-order chi connectivity index (χ0) is 12.7. The molecule has 1 atom stereocenters. The summed E-state index contributed by atoms with van der Waals surface area (Å²) in [5.74, 6) is 1.89. The molecule has 1 heterocycles. The number of methoxy groups -OCH3 is 1. The molecule has 1 rings (SSSR count). The van der Waals surface area contributed by atoms with Crippen molar-refractivity contribution in [2.24, 2.45) is 5.92 Å². The first-order valence-corrected chi connectivity index (χ1v) is 7.05. The summed E-state index contributed by atoms with van der Waals surface area (Å²) in [7, 11) is 1.59. The Morgan fingerprint density at radius 1 is 1.65 bits per heavy atom. The summed E-state index contributed by atoms with van der Waals surface area (Å²) < 4.78 is 5.03. The van der Waals surface area contributed by atoms with Crippen molar-refractivity contribution in [1.82, 2.24) is 5.32 Å². The molecule has 1 aromatic heterocycles. The number of ether oxygens (including phenoxy) is 1. The topological polar surface area (TPSA) is 38.3 Å². The van der Waals surface area contributed by atoms with E-state index in [1.165, 1.54) is 11.3 Å². The third-order valence-corrected chi connectivity index (χ3v) is 3.89. The zero-order valence-corrected chi connectivity index (χ0v) is 11.7. The van der Waals surface area contributed by atoms with Crippen LogP contribution in [0.5, 0.6) is 5.75 Å². The van der Waals surface area contributed by atoms with Crippen molar-refractivity contribution >= 4 is 28.8 Å². The maximum atomic E-state index is 11.7. The fourth-order valence-electron chi connectivity index (χ4n) is 1.36. The number of thiophene rings is 1. The maximum Gasteiger partial charge on any atom is 0.261 e. The van der Waals surface area contributed by atoms with Crippen molar-refractivity contribution in [2.45, 2.75) is 19.8 Å². The largest absolute Gasteiger partial charge is 0.496 e. The Balaban J connectivity index is 2.25. The van der Waals surface area contributed by atoms with Gasteiger partial charge in [-0.25, -0.2) is 0 Å². The Labute approximate surface area is 111 Å². The van der Waals surface area contributed by atoms with E-state index in [1.54, 1.807) is 13.2 Å². The summed E-state index contributed by atoms with van der Waals surface area (Å²) >= 11 is 7.10. The molecule has 0 saturated heterocycles. The third-order valence-electron chi connectivity index (χ3n) is 2.46. The van der Waals surface area contributed by atoms with Crippen LogP contribution >= 0.6 is 22.9 Å². The van der Waals surface area contributed by atoms with E-state index in [0.717, 1.165) is 18.6 Å². The second kappa shape index (κ2) is 7.56. The molecular weight excluding hydrogens is 258 g/mol. The highest BCUT2D eigenvalue weighted by molar-refractivity contribution is 7.12. The number of amides is 1. The molecule has 5 heteroatoms. The summed E-state index contributed by atoms with van der Waals surface area (Å²) in [6.45, 7) is 2.80. The molecule has 0 bridgehead atoms. The number of rotatable bonds is 7. The predicted molar refractivity (Wildman–Crippen MR) is 72.3 cm³/mol. The van der Waals surface area contributed by atoms with E-state index in [9.17, 15) is 4.79 Å². The first-order chi connectivity index (χ1) is 8.17. The highest BCUT2D eigenvalue weighted by Crippen LogP contribution is 2.20. The minimum absolute atomic E-state index is 0.0307. The molecule has 0 radical (unpaired) electrons. The Morgan fingerprint density at radius 3 is 3.00 bits per heavy atom. The number of alkyl halides is 1. The van der Waals surface area contributed by atoms with E-state index in [4.69, 9.17) is 16.3 Å². The summed E-state index contributed by atoms with van der Waals surface area (Å²) in [4.78, 5) is 12.4. The average Bonchev–Trinajstić information content (AvgIpc) is 2.82. The van der Waals surface area contributed by atoms with Crippen LogP contribution in [0, 0.1) is 5.92 Å². The second-order valence-electron chi connectivity index (χ2n) is 4.01. The van der Waals surface area contributed by atoms with Crippen molar-refractivity contribution in [3.8, 4) is 5.75 Å². The van der Waals surface area contributed by atoms with Gasteiger partial charge in [-0.05, 0) is 18.8 Å². The van der Waals surface area contributed by atoms with Crippen molar-refractivity contribution in [1.29, 1.82) is 0 Å². The lowest BCUT2D eigenvalue weighted by Gasteiger charge is -2.07. The van der Waals surface area contributed by atoms with Gasteiger partial charge in [0, 0.05) is 23.9 Å². The van der Waals surface area contributed by atoms with Crippen LogP contribution in [-0.4, -0.2) is 25.4 Å². The molecular formula is C12H18ClNO2S. The normalized spacial score (nSPS) is 12.2. The second-order valence-corrected chi connectivity index (χ2v) is 5.23. The van der Waals surface area contributed by atoms with Crippen LogP contribution in [-0.2, 0) is 0 Å². The van der Waals surface area contributed by atoms with Crippen LogP contribution in [0.15, 0.2) is 11.4 Å². The molecule has 0 aliphatic heterocycles. The Hall–Kier alpha value is -0.740. The highest BCUT2D eigenvalue weighted by atomic mass is 35.5. The van der Waals surface area contributed by atoms with Gasteiger partial charge >= 0.3 is 0 Å². The maximum absolute atomic E-state index is 11.7. The van der Waals surface area contributed by atoms with Crippen molar-refractivity contribution in [3.05, 3.63) is 16.3 Å². The predicted octanol–water partition coefficient (Wildman–Crippen LogP) is 3.14. The van der Waals surface area contributed by atoms with Gasteiger partial charge in [0.1, 0.15) is 5.75 Å². The average molecular weight is 276 g/mol. The Kier molecular flexibility index (Phi) is 6.37. The third kappa shape index (κ3) is 4.96. The van der Waals surface area contributed by atoms with Crippen molar-refractivity contribution in [2.75, 3.05) is 19.5 Å². The summed E-state index contributed by atoms with van der Waals surface area (Å²) in [6, 6.07) is 1.75.